The van der Waals surface area contributed by atoms with Crippen LogP contribution in [0.3, 0.4) is 0 Å². The molecule has 2 N–H and O–H groups in total. The van der Waals surface area contributed by atoms with Gasteiger partial charge in [-0.3, -0.25) is 4.79 Å². The maximum atomic E-state index is 11.9. The first-order chi connectivity index (χ1) is 8.09. The van der Waals surface area contributed by atoms with E-state index in [2.05, 4.69) is 17.6 Å². The summed E-state index contributed by atoms with van der Waals surface area (Å²) in [6, 6.07) is 3.89. The van der Waals surface area contributed by atoms with Gasteiger partial charge < -0.3 is 10.6 Å². The number of rotatable bonds is 3. The van der Waals surface area contributed by atoms with Gasteiger partial charge in [-0.05, 0) is 43.9 Å². The van der Waals surface area contributed by atoms with Crippen molar-refractivity contribution < 1.29 is 4.79 Å². The van der Waals surface area contributed by atoms with Crippen molar-refractivity contribution in [3.8, 4) is 0 Å². The minimum atomic E-state index is 0. The van der Waals surface area contributed by atoms with E-state index < -0.39 is 0 Å². The Kier molecular flexibility index (Phi) is 5.63. The molecule has 1 aliphatic heterocycles. The molecular weight excluding hydrogens is 268 g/mol. The zero-order chi connectivity index (χ0) is 12.3. The zero-order valence-electron chi connectivity index (χ0n) is 10.9. The van der Waals surface area contributed by atoms with Gasteiger partial charge in [0.25, 0.3) is 5.91 Å². The molecule has 1 aromatic heterocycles. The highest BCUT2D eigenvalue weighted by Crippen LogP contribution is 2.24. The van der Waals surface area contributed by atoms with E-state index in [1.165, 1.54) is 17.7 Å². The van der Waals surface area contributed by atoms with Crippen molar-refractivity contribution in [3.05, 3.63) is 21.9 Å². The summed E-state index contributed by atoms with van der Waals surface area (Å²) >= 11 is 1.55. The van der Waals surface area contributed by atoms with E-state index in [1.807, 2.05) is 19.1 Å². The van der Waals surface area contributed by atoms with Crippen LogP contribution in [0.25, 0.3) is 0 Å². The van der Waals surface area contributed by atoms with E-state index in [-0.39, 0.29) is 23.7 Å². The number of piperidine rings is 1. The van der Waals surface area contributed by atoms with Gasteiger partial charge >= 0.3 is 0 Å². The molecule has 0 radical (unpaired) electrons. The number of thiophene rings is 1. The third kappa shape index (κ3) is 3.97. The highest BCUT2D eigenvalue weighted by Gasteiger charge is 2.27. The molecule has 1 atom stereocenters. The summed E-state index contributed by atoms with van der Waals surface area (Å²) in [4.78, 5) is 13.9. The van der Waals surface area contributed by atoms with Crippen LogP contribution in [0.15, 0.2) is 12.1 Å². The molecule has 0 aromatic carbocycles. The number of carbonyl (C=O) groups excluding carboxylic acids is 1. The second-order valence-electron chi connectivity index (χ2n) is 5.18. The van der Waals surface area contributed by atoms with Crippen LogP contribution < -0.4 is 10.6 Å². The molecule has 1 fully saturated rings. The number of halogens is 1. The van der Waals surface area contributed by atoms with Gasteiger partial charge in [0, 0.05) is 18.0 Å². The van der Waals surface area contributed by atoms with Crippen LogP contribution in [0.4, 0.5) is 0 Å². The third-order valence-corrected chi connectivity index (χ3v) is 4.32. The lowest BCUT2D eigenvalue weighted by Crippen LogP contribution is -2.45. The Morgan fingerprint density at radius 3 is 2.89 bits per heavy atom. The molecule has 102 valence electrons. The molecule has 1 saturated heterocycles. The van der Waals surface area contributed by atoms with Crippen molar-refractivity contribution in [3.63, 3.8) is 0 Å². The molecule has 0 spiro atoms. The molecular formula is C13H21ClN2OS. The number of carbonyl (C=O) groups is 1. The number of amides is 1. The topological polar surface area (TPSA) is 41.1 Å². The van der Waals surface area contributed by atoms with Gasteiger partial charge in [-0.15, -0.1) is 23.7 Å². The summed E-state index contributed by atoms with van der Waals surface area (Å²) in [5.41, 5.74) is 0.209. The second kappa shape index (κ2) is 6.55. The van der Waals surface area contributed by atoms with Gasteiger partial charge in [-0.25, -0.2) is 0 Å². The lowest BCUT2D eigenvalue weighted by molar-refractivity contribution is 0.0929. The van der Waals surface area contributed by atoms with Crippen LogP contribution in [-0.2, 0) is 0 Å². The standard InChI is InChI=1S/C13H20N2OS.ClH/c1-10-4-5-11(17-10)12(16)15-9-13(2)6-3-7-14-8-13;/h4-5,14H,3,6-9H2,1-2H3,(H,15,16);1H. The predicted octanol–water partition coefficient (Wildman–Crippen LogP) is 2.60. The van der Waals surface area contributed by atoms with Crippen LogP contribution in [0.5, 0.6) is 0 Å². The first-order valence-corrected chi connectivity index (χ1v) is 6.96. The molecule has 0 aliphatic carbocycles. The number of hydrogen-bond donors (Lipinski definition) is 2. The van der Waals surface area contributed by atoms with E-state index in [0.29, 0.717) is 0 Å². The van der Waals surface area contributed by atoms with E-state index in [0.717, 1.165) is 24.5 Å². The van der Waals surface area contributed by atoms with E-state index in [4.69, 9.17) is 0 Å². The third-order valence-electron chi connectivity index (χ3n) is 3.33. The Morgan fingerprint density at radius 1 is 1.56 bits per heavy atom. The fourth-order valence-corrected chi connectivity index (χ4v) is 2.99. The van der Waals surface area contributed by atoms with Gasteiger partial charge in [0.15, 0.2) is 0 Å². The quantitative estimate of drug-likeness (QED) is 0.898. The molecule has 1 unspecified atom stereocenters. The van der Waals surface area contributed by atoms with Crippen LogP contribution in [0.1, 0.15) is 34.3 Å². The van der Waals surface area contributed by atoms with Crippen molar-refractivity contribution in [1.29, 1.82) is 0 Å². The maximum Gasteiger partial charge on any atom is 0.261 e. The summed E-state index contributed by atoms with van der Waals surface area (Å²) in [7, 11) is 0. The van der Waals surface area contributed by atoms with Crippen LogP contribution in [0, 0.1) is 12.3 Å². The fraction of sp³-hybridized carbons (Fsp3) is 0.615. The molecule has 2 heterocycles. The lowest BCUT2D eigenvalue weighted by Gasteiger charge is -2.34. The molecule has 2 rings (SSSR count). The van der Waals surface area contributed by atoms with Crippen molar-refractivity contribution >= 4 is 29.7 Å². The summed E-state index contributed by atoms with van der Waals surface area (Å²) in [5, 5.41) is 6.45. The lowest BCUT2D eigenvalue weighted by atomic mass is 9.83. The number of hydrogen-bond acceptors (Lipinski definition) is 3. The zero-order valence-corrected chi connectivity index (χ0v) is 12.5. The van der Waals surface area contributed by atoms with E-state index in [1.54, 1.807) is 11.3 Å². The van der Waals surface area contributed by atoms with Crippen molar-refractivity contribution in [2.45, 2.75) is 26.7 Å². The average molecular weight is 289 g/mol. The van der Waals surface area contributed by atoms with Gasteiger partial charge in [-0.1, -0.05) is 6.92 Å². The molecule has 0 saturated carbocycles. The molecule has 18 heavy (non-hydrogen) atoms. The Hall–Kier alpha value is -0.580. The molecule has 5 heteroatoms. The normalized spacial score (nSPS) is 23.2. The fourth-order valence-electron chi connectivity index (χ4n) is 2.21. The maximum absolute atomic E-state index is 11.9. The minimum Gasteiger partial charge on any atom is -0.351 e. The highest BCUT2D eigenvalue weighted by atomic mass is 35.5. The predicted molar refractivity (Wildman–Crippen MR) is 78.8 cm³/mol. The highest BCUT2D eigenvalue weighted by molar-refractivity contribution is 7.13. The van der Waals surface area contributed by atoms with Crippen LogP contribution in [0.2, 0.25) is 0 Å². The first kappa shape index (κ1) is 15.5. The summed E-state index contributed by atoms with van der Waals surface area (Å²) in [6.07, 6.45) is 2.38. The Balaban J connectivity index is 0.00000162. The molecule has 3 nitrogen and oxygen atoms in total. The van der Waals surface area contributed by atoms with Crippen LogP contribution in [-0.4, -0.2) is 25.5 Å². The smallest absolute Gasteiger partial charge is 0.261 e. The summed E-state index contributed by atoms with van der Waals surface area (Å²) < 4.78 is 0. The second-order valence-corrected chi connectivity index (χ2v) is 6.47. The molecule has 1 aliphatic rings. The average Bonchev–Trinajstić information content (AvgIpc) is 2.74. The number of aryl methyl sites for hydroxylation is 1. The van der Waals surface area contributed by atoms with Gasteiger partial charge in [0.05, 0.1) is 4.88 Å². The Labute approximate surface area is 119 Å². The van der Waals surface area contributed by atoms with Gasteiger partial charge in [0.1, 0.15) is 0 Å². The van der Waals surface area contributed by atoms with Gasteiger partial charge in [0.2, 0.25) is 0 Å². The molecule has 1 aromatic rings. The van der Waals surface area contributed by atoms with Crippen molar-refractivity contribution in [2.75, 3.05) is 19.6 Å². The monoisotopic (exact) mass is 288 g/mol. The first-order valence-electron chi connectivity index (χ1n) is 6.14. The molecule has 0 bridgehead atoms. The molecule has 1 amide bonds. The number of nitrogens with one attached hydrogen (secondary N) is 2. The van der Waals surface area contributed by atoms with Crippen molar-refractivity contribution in [1.82, 2.24) is 10.6 Å². The Bertz CT molecular complexity index is 399. The largest absolute Gasteiger partial charge is 0.351 e. The van der Waals surface area contributed by atoms with E-state index in [9.17, 15) is 4.79 Å². The Morgan fingerprint density at radius 2 is 2.33 bits per heavy atom. The minimum absolute atomic E-state index is 0. The summed E-state index contributed by atoms with van der Waals surface area (Å²) in [5.74, 6) is 0.0647. The van der Waals surface area contributed by atoms with Crippen molar-refractivity contribution in [2.24, 2.45) is 5.41 Å². The van der Waals surface area contributed by atoms with E-state index >= 15 is 0 Å². The summed E-state index contributed by atoms with van der Waals surface area (Å²) in [6.45, 7) is 7.12. The SMILES string of the molecule is Cc1ccc(C(=O)NCC2(C)CCCNC2)s1.Cl. The van der Waals surface area contributed by atoms with Crippen LogP contribution >= 0.6 is 23.7 Å². The van der Waals surface area contributed by atoms with Gasteiger partial charge in [-0.2, -0.15) is 0 Å².